The van der Waals surface area contributed by atoms with Crippen molar-refractivity contribution >= 4 is 11.6 Å². The second-order valence-electron chi connectivity index (χ2n) is 2.55. The molecule has 0 atom stereocenters. The molecule has 0 N–H and O–H groups in total. The Kier molecular flexibility index (Phi) is 2.89. The van der Waals surface area contributed by atoms with Crippen molar-refractivity contribution in [3.05, 3.63) is 29.1 Å². The first kappa shape index (κ1) is 8.54. The molecular formula is C9H12ClN. The minimum atomic E-state index is 0.519. The van der Waals surface area contributed by atoms with Crippen LogP contribution in [0.4, 0.5) is 0 Å². The van der Waals surface area contributed by atoms with Crippen LogP contribution in [0.25, 0.3) is 0 Å². The van der Waals surface area contributed by atoms with Gasteiger partial charge in [-0.1, -0.05) is 13.0 Å². The van der Waals surface area contributed by atoms with E-state index in [4.69, 9.17) is 11.6 Å². The van der Waals surface area contributed by atoms with Crippen molar-refractivity contribution in [2.45, 2.75) is 26.1 Å². The summed E-state index contributed by atoms with van der Waals surface area (Å²) >= 11 is 5.72. The zero-order valence-electron chi connectivity index (χ0n) is 6.89. The first-order chi connectivity index (χ1) is 5.27. The summed E-state index contributed by atoms with van der Waals surface area (Å²) in [7, 11) is 0. The third-order valence-corrected chi connectivity index (χ3v) is 1.97. The van der Waals surface area contributed by atoms with Gasteiger partial charge < -0.3 is 0 Å². The van der Waals surface area contributed by atoms with E-state index in [0.717, 1.165) is 17.8 Å². The molecule has 60 valence electrons. The fourth-order valence-corrected chi connectivity index (χ4v) is 1.31. The van der Waals surface area contributed by atoms with Crippen LogP contribution in [0.15, 0.2) is 12.1 Å². The first-order valence-electron chi connectivity index (χ1n) is 3.79. The molecule has 1 heterocycles. The fourth-order valence-electron chi connectivity index (χ4n) is 1.08. The lowest BCUT2D eigenvalue weighted by Gasteiger charge is -2.03. The predicted molar refractivity (Wildman–Crippen MR) is 47.9 cm³/mol. The van der Waals surface area contributed by atoms with E-state index in [9.17, 15) is 0 Å². The number of rotatable bonds is 2. The van der Waals surface area contributed by atoms with Crippen molar-refractivity contribution in [3.8, 4) is 0 Å². The Morgan fingerprint density at radius 1 is 1.45 bits per heavy atom. The van der Waals surface area contributed by atoms with Crippen molar-refractivity contribution in [3.63, 3.8) is 0 Å². The molecule has 1 rings (SSSR count). The normalized spacial score (nSPS) is 10.1. The number of aryl methyl sites for hydroxylation is 2. The van der Waals surface area contributed by atoms with Gasteiger partial charge in [-0.3, -0.25) is 4.98 Å². The molecular weight excluding hydrogens is 158 g/mol. The second-order valence-corrected chi connectivity index (χ2v) is 2.81. The maximum Gasteiger partial charge on any atom is 0.0650 e. The highest BCUT2D eigenvalue weighted by atomic mass is 35.5. The van der Waals surface area contributed by atoms with Gasteiger partial charge in [0.15, 0.2) is 0 Å². The molecule has 0 aliphatic carbocycles. The monoisotopic (exact) mass is 169 g/mol. The van der Waals surface area contributed by atoms with Crippen LogP contribution < -0.4 is 0 Å². The molecule has 11 heavy (non-hydrogen) atoms. The van der Waals surface area contributed by atoms with Crippen molar-refractivity contribution in [2.24, 2.45) is 0 Å². The van der Waals surface area contributed by atoms with Crippen LogP contribution >= 0.6 is 11.6 Å². The highest BCUT2D eigenvalue weighted by molar-refractivity contribution is 6.17. The van der Waals surface area contributed by atoms with Crippen molar-refractivity contribution < 1.29 is 0 Å². The Labute approximate surface area is 72.4 Å². The van der Waals surface area contributed by atoms with Crippen LogP contribution in [0.3, 0.4) is 0 Å². The summed E-state index contributed by atoms with van der Waals surface area (Å²) in [5.74, 6) is 0.519. The van der Waals surface area contributed by atoms with E-state index in [1.165, 1.54) is 5.56 Å². The van der Waals surface area contributed by atoms with E-state index in [1.807, 2.05) is 13.0 Å². The third-order valence-electron chi connectivity index (χ3n) is 1.72. The SMILES string of the molecule is CCc1ccc(C)nc1CCl. The Hall–Kier alpha value is -0.560. The number of hydrogen-bond donors (Lipinski definition) is 0. The van der Waals surface area contributed by atoms with Gasteiger partial charge in [0.05, 0.1) is 11.6 Å². The van der Waals surface area contributed by atoms with Gasteiger partial charge >= 0.3 is 0 Å². The number of pyridine rings is 1. The molecule has 0 aliphatic heterocycles. The highest BCUT2D eigenvalue weighted by Gasteiger charge is 1.99. The van der Waals surface area contributed by atoms with Gasteiger partial charge in [0.1, 0.15) is 0 Å². The van der Waals surface area contributed by atoms with Gasteiger partial charge in [0, 0.05) is 5.69 Å². The van der Waals surface area contributed by atoms with E-state index < -0.39 is 0 Å². The number of alkyl halides is 1. The summed E-state index contributed by atoms with van der Waals surface area (Å²) in [5, 5.41) is 0. The maximum absolute atomic E-state index is 5.72. The van der Waals surface area contributed by atoms with E-state index >= 15 is 0 Å². The predicted octanol–water partition coefficient (Wildman–Crippen LogP) is 2.69. The van der Waals surface area contributed by atoms with Gasteiger partial charge in [-0.15, -0.1) is 11.6 Å². The molecule has 1 aromatic rings. The molecule has 0 amide bonds. The Morgan fingerprint density at radius 3 is 2.73 bits per heavy atom. The molecule has 0 spiro atoms. The standard InChI is InChI=1S/C9H12ClN/c1-3-8-5-4-7(2)11-9(8)6-10/h4-5H,3,6H2,1-2H3. The molecule has 0 bridgehead atoms. The van der Waals surface area contributed by atoms with Crippen LogP contribution in [0.5, 0.6) is 0 Å². The quantitative estimate of drug-likeness (QED) is 0.621. The number of aromatic nitrogens is 1. The zero-order valence-corrected chi connectivity index (χ0v) is 7.65. The van der Waals surface area contributed by atoms with Crippen LogP contribution in [-0.2, 0) is 12.3 Å². The number of hydrogen-bond acceptors (Lipinski definition) is 1. The van der Waals surface area contributed by atoms with E-state index in [2.05, 4.69) is 18.0 Å². The summed E-state index contributed by atoms with van der Waals surface area (Å²) in [6, 6.07) is 4.12. The summed E-state index contributed by atoms with van der Waals surface area (Å²) in [6.45, 7) is 4.10. The lowest BCUT2D eigenvalue weighted by atomic mass is 10.1. The molecule has 0 unspecified atom stereocenters. The van der Waals surface area contributed by atoms with Crippen molar-refractivity contribution in [1.29, 1.82) is 0 Å². The average molecular weight is 170 g/mol. The molecule has 0 aliphatic rings. The summed E-state index contributed by atoms with van der Waals surface area (Å²) in [4.78, 5) is 4.33. The molecule has 1 aromatic heterocycles. The summed E-state index contributed by atoms with van der Waals surface area (Å²) in [6.07, 6.45) is 1.01. The topological polar surface area (TPSA) is 12.9 Å². The van der Waals surface area contributed by atoms with E-state index in [1.54, 1.807) is 0 Å². The van der Waals surface area contributed by atoms with Crippen LogP contribution in [-0.4, -0.2) is 4.98 Å². The Morgan fingerprint density at radius 2 is 2.18 bits per heavy atom. The van der Waals surface area contributed by atoms with E-state index in [-0.39, 0.29) is 0 Å². The molecule has 1 nitrogen and oxygen atoms in total. The van der Waals surface area contributed by atoms with Gasteiger partial charge in [-0.25, -0.2) is 0 Å². The number of nitrogens with zero attached hydrogens (tertiary/aromatic N) is 1. The Bertz CT molecular complexity index is 245. The maximum atomic E-state index is 5.72. The molecule has 0 saturated heterocycles. The molecule has 2 heteroatoms. The summed E-state index contributed by atoms with van der Waals surface area (Å²) < 4.78 is 0. The average Bonchev–Trinajstić information content (AvgIpc) is 2.04. The van der Waals surface area contributed by atoms with Crippen LogP contribution in [0.1, 0.15) is 23.9 Å². The molecule has 0 aromatic carbocycles. The summed E-state index contributed by atoms with van der Waals surface area (Å²) in [5.41, 5.74) is 3.32. The highest BCUT2D eigenvalue weighted by Crippen LogP contribution is 2.10. The first-order valence-corrected chi connectivity index (χ1v) is 4.32. The molecule has 0 saturated carbocycles. The van der Waals surface area contributed by atoms with Crippen molar-refractivity contribution in [1.82, 2.24) is 4.98 Å². The van der Waals surface area contributed by atoms with Crippen molar-refractivity contribution in [2.75, 3.05) is 0 Å². The lowest BCUT2D eigenvalue weighted by Crippen LogP contribution is -1.95. The minimum Gasteiger partial charge on any atom is -0.257 e. The molecule has 0 radical (unpaired) electrons. The molecule has 0 fully saturated rings. The van der Waals surface area contributed by atoms with Gasteiger partial charge in [-0.05, 0) is 25.0 Å². The van der Waals surface area contributed by atoms with Gasteiger partial charge in [-0.2, -0.15) is 0 Å². The minimum absolute atomic E-state index is 0.519. The van der Waals surface area contributed by atoms with Gasteiger partial charge in [0.2, 0.25) is 0 Å². The largest absolute Gasteiger partial charge is 0.257 e. The lowest BCUT2D eigenvalue weighted by molar-refractivity contribution is 1.01. The van der Waals surface area contributed by atoms with Crippen LogP contribution in [0.2, 0.25) is 0 Å². The Balaban J connectivity index is 3.06. The van der Waals surface area contributed by atoms with Gasteiger partial charge in [0.25, 0.3) is 0 Å². The number of halogens is 1. The van der Waals surface area contributed by atoms with E-state index in [0.29, 0.717) is 5.88 Å². The smallest absolute Gasteiger partial charge is 0.0650 e. The third kappa shape index (κ3) is 1.93. The van der Waals surface area contributed by atoms with Crippen LogP contribution in [0, 0.1) is 6.92 Å². The zero-order chi connectivity index (χ0) is 8.27. The second kappa shape index (κ2) is 3.72. The fraction of sp³-hybridized carbons (Fsp3) is 0.444.